The van der Waals surface area contributed by atoms with Crippen LogP contribution in [0, 0.1) is 18.2 Å². The van der Waals surface area contributed by atoms with Gasteiger partial charge in [0.2, 0.25) is 5.91 Å². The SMILES string of the molecule is C=CC(=O)N1CC2(CCN(c3nc(OC4CCN(C)CC4)nc4c(F)c(-c5c(C)ccc6[nH]ncc56)c(Cl)cc34)CC2)C1. The number of halogens is 2. The molecule has 3 saturated heterocycles. The van der Waals surface area contributed by atoms with E-state index in [0.717, 1.165) is 81.4 Å². The highest BCUT2D eigenvalue weighted by Gasteiger charge is 2.46. The fourth-order valence-corrected chi connectivity index (χ4v) is 7.24. The van der Waals surface area contributed by atoms with Crippen LogP contribution in [0.5, 0.6) is 6.01 Å². The third-order valence-electron chi connectivity index (χ3n) is 9.52. The number of carbonyl (C=O) groups excluding carboxylic acids is 1. The molecule has 11 heteroatoms. The summed E-state index contributed by atoms with van der Waals surface area (Å²) in [5.74, 6) is 0.113. The minimum Gasteiger partial charge on any atom is -0.460 e. The Balaban J connectivity index is 1.29. The van der Waals surface area contributed by atoms with Crippen LogP contribution >= 0.6 is 11.6 Å². The predicted molar refractivity (Wildman–Crippen MR) is 166 cm³/mol. The van der Waals surface area contributed by atoms with Gasteiger partial charge in [-0.1, -0.05) is 24.2 Å². The van der Waals surface area contributed by atoms with Crippen molar-refractivity contribution in [1.29, 1.82) is 0 Å². The summed E-state index contributed by atoms with van der Waals surface area (Å²) in [5.41, 5.74) is 2.97. The lowest BCUT2D eigenvalue weighted by Gasteiger charge is -2.54. The van der Waals surface area contributed by atoms with Crippen molar-refractivity contribution in [1.82, 2.24) is 30.0 Å². The zero-order valence-corrected chi connectivity index (χ0v) is 25.3. The van der Waals surface area contributed by atoms with Crippen LogP contribution in [0.15, 0.2) is 37.1 Å². The van der Waals surface area contributed by atoms with Gasteiger partial charge < -0.3 is 19.4 Å². The number of hydrogen-bond donors (Lipinski definition) is 1. The predicted octanol–water partition coefficient (Wildman–Crippen LogP) is 5.36. The van der Waals surface area contributed by atoms with Crippen LogP contribution in [0.3, 0.4) is 0 Å². The van der Waals surface area contributed by atoms with E-state index in [9.17, 15) is 4.79 Å². The first kappa shape index (κ1) is 28.0. The van der Waals surface area contributed by atoms with Gasteiger partial charge in [0, 0.05) is 66.6 Å². The topological polar surface area (TPSA) is 90.5 Å². The molecule has 0 atom stereocenters. The summed E-state index contributed by atoms with van der Waals surface area (Å²) in [6.45, 7) is 10.3. The number of benzene rings is 2. The molecule has 1 N–H and O–H groups in total. The summed E-state index contributed by atoms with van der Waals surface area (Å²) in [7, 11) is 2.10. The van der Waals surface area contributed by atoms with E-state index in [4.69, 9.17) is 21.3 Å². The molecule has 224 valence electrons. The van der Waals surface area contributed by atoms with Crippen molar-refractivity contribution in [3.8, 4) is 17.1 Å². The Kier molecular flexibility index (Phi) is 7.01. The maximum Gasteiger partial charge on any atom is 0.319 e. The largest absolute Gasteiger partial charge is 0.460 e. The number of H-pyrrole nitrogens is 1. The third kappa shape index (κ3) is 4.90. The van der Waals surface area contributed by atoms with Crippen LogP contribution in [-0.2, 0) is 4.79 Å². The van der Waals surface area contributed by atoms with Crippen molar-refractivity contribution in [2.75, 3.05) is 51.2 Å². The molecule has 3 fully saturated rings. The van der Waals surface area contributed by atoms with Crippen LogP contribution in [-0.4, -0.2) is 88.3 Å². The highest BCUT2D eigenvalue weighted by Crippen LogP contribution is 2.45. The Labute approximate surface area is 254 Å². The fourth-order valence-electron chi connectivity index (χ4n) is 6.95. The fraction of sp³-hybridized carbons (Fsp3) is 0.438. The van der Waals surface area contributed by atoms with E-state index >= 15 is 4.39 Å². The van der Waals surface area contributed by atoms with Gasteiger partial charge in [-0.3, -0.25) is 9.89 Å². The second kappa shape index (κ2) is 10.7. The van der Waals surface area contributed by atoms with E-state index < -0.39 is 5.82 Å². The van der Waals surface area contributed by atoms with Crippen LogP contribution < -0.4 is 9.64 Å². The van der Waals surface area contributed by atoms with Crippen molar-refractivity contribution >= 4 is 45.1 Å². The lowest BCUT2D eigenvalue weighted by Crippen LogP contribution is -2.61. The molecule has 0 bridgehead atoms. The Morgan fingerprint density at radius 3 is 2.60 bits per heavy atom. The number of aryl methyl sites for hydroxylation is 1. The highest BCUT2D eigenvalue weighted by molar-refractivity contribution is 6.35. The maximum absolute atomic E-state index is 16.8. The highest BCUT2D eigenvalue weighted by atomic mass is 35.5. The summed E-state index contributed by atoms with van der Waals surface area (Å²) in [4.78, 5) is 27.9. The zero-order chi connectivity index (χ0) is 29.9. The molecule has 43 heavy (non-hydrogen) atoms. The lowest BCUT2D eigenvalue weighted by atomic mass is 9.72. The van der Waals surface area contributed by atoms with Crippen molar-refractivity contribution in [3.05, 3.63) is 53.5 Å². The number of carbonyl (C=O) groups is 1. The van der Waals surface area contributed by atoms with Crippen LogP contribution in [0.2, 0.25) is 5.02 Å². The van der Waals surface area contributed by atoms with E-state index in [0.29, 0.717) is 27.4 Å². The van der Waals surface area contributed by atoms with Crippen LogP contribution in [0.1, 0.15) is 31.2 Å². The Morgan fingerprint density at radius 2 is 1.88 bits per heavy atom. The number of amides is 1. The van der Waals surface area contributed by atoms with Gasteiger partial charge in [-0.15, -0.1) is 0 Å². The van der Waals surface area contributed by atoms with Crippen molar-refractivity contribution in [2.45, 2.75) is 38.7 Å². The van der Waals surface area contributed by atoms with Crippen LogP contribution in [0.4, 0.5) is 10.2 Å². The first-order valence-electron chi connectivity index (χ1n) is 14.9. The molecule has 3 aliphatic heterocycles. The van der Waals surface area contributed by atoms with Gasteiger partial charge in [-0.25, -0.2) is 4.39 Å². The van der Waals surface area contributed by atoms with E-state index in [1.165, 1.54) is 6.08 Å². The van der Waals surface area contributed by atoms with E-state index in [1.54, 1.807) is 12.3 Å². The van der Waals surface area contributed by atoms with E-state index in [1.807, 2.05) is 24.0 Å². The molecule has 3 aliphatic rings. The number of aromatic amines is 1. The first-order chi connectivity index (χ1) is 20.7. The summed E-state index contributed by atoms with van der Waals surface area (Å²) in [5, 5.41) is 8.80. The third-order valence-corrected chi connectivity index (χ3v) is 9.82. The number of nitrogens with zero attached hydrogens (tertiary/aromatic N) is 6. The quantitative estimate of drug-likeness (QED) is 0.307. The number of aromatic nitrogens is 4. The number of nitrogens with one attached hydrogen (secondary N) is 1. The molecule has 1 spiro atoms. The number of rotatable bonds is 5. The Hall–Kier alpha value is -3.76. The summed E-state index contributed by atoms with van der Waals surface area (Å²) in [6, 6.07) is 5.85. The molecular weight excluding hydrogens is 569 g/mol. The van der Waals surface area contributed by atoms with Gasteiger partial charge in [0.05, 0.1) is 16.7 Å². The molecule has 2 aromatic carbocycles. The average Bonchev–Trinajstić information content (AvgIpc) is 3.47. The monoisotopic (exact) mass is 603 g/mol. The molecule has 0 saturated carbocycles. The van der Waals surface area contributed by atoms with Gasteiger partial charge >= 0.3 is 6.01 Å². The maximum atomic E-state index is 16.8. The van der Waals surface area contributed by atoms with E-state index in [-0.39, 0.29) is 29.0 Å². The van der Waals surface area contributed by atoms with Gasteiger partial charge in [0.25, 0.3) is 0 Å². The van der Waals surface area contributed by atoms with Crippen molar-refractivity contribution in [3.63, 3.8) is 0 Å². The smallest absolute Gasteiger partial charge is 0.319 e. The number of fused-ring (bicyclic) bond motifs is 2. The normalized spacial score (nSPS) is 19.3. The molecular formula is C32H35ClFN7O2. The minimum atomic E-state index is -0.498. The number of anilines is 1. The molecule has 5 heterocycles. The number of hydrogen-bond acceptors (Lipinski definition) is 7. The van der Waals surface area contributed by atoms with Gasteiger partial charge in [-0.05, 0) is 63.4 Å². The number of piperidine rings is 2. The Morgan fingerprint density at radius 1 is 1.14 bits per heavy atom. The molecule has 7 rings (SSSR count). The summed E-state index contributed by atoms with van der Waals surface area (Å²) in [6.07, 6.45) is 6.56. The summed E-state index contributed by atoms with van der Waals surface area (Å²) < 4.78 is 23.1. The summed E-state index contributed by atoms with van der Waals surface area (Å²) >= 11 is 6.91. The molecule has 0 radical (unpaired) electrons. The van der Waals surface area contributed by atoms with Crippen LogP contribution in [0.25, 0.3) is 32.9 Å². The molecule has 9 nitrogen and oxygen atoms in total. The Bertz CT molecular complexity index is 1730. The molecule has 0 aliphatic carbocycles. The second-order valence-corrected chi connectivity index (χ2v) is 12.8. The van der Waals surface area contributed by atoms with Crippen molar-refractivity contribution < 1.29 is 13.9 Å². The molecule has 2 aromatic heterocycles. The lowest BCUT2D eigenvalue weighted by molar-refractivity contribution is -0.139. The second-order valence-electron chi connectivity index (χ2n) is 12.4. The number of likely N-dealkylation sites (tertiary alicyclic amines) is 2. The molecule has 0 unspecified atom stereocenters. The first-order valence-corrected chi connectivity index (χ1v) is 15.3. The van der Waals surface area contributed by atoms with E-state index in [2.05, 4.69) is 38.6 Å². The minimum absolute atomic E-state index is 0.0205. The van der Waals surface area contributed by atoms with Gasteiger partial charge in [0.15, 0.2) is 5.82 Å². The standard InChI is InChI=1S/C32H35ClFN7O2/c1-4-25(42)41-17-32(18-41)9-13-40(14-10-32)30-21-15-23(33)27(26-19(2)5-6-24-22(26)16-35-38-24)28(34)29(21)36-31(37-30)43-20-7-11-39(3)12-8-20/h4-6,15-16,20H,1,7-14,17-18H2,2-3H3,(H,35,38). The van der Waals surface area contributed by atoms with Gasteiger partial charge in [-0.2, -0.15) is 15.1 Å². The average molecular weight is 604 g/mol. The molecule has 4 aromatic rings. The van der Waals surface area contributed by atoms with Gasteiger partial charge in [0.1, 0.15) is 17.4 Å². The zero-order valence-electron chi connectivity index (χ0n) is 24.5. The number of ether oxygens (including phenoxy) is 1. The molecule has 1 amide bonds. The van der Waals surface area contributed by atoms with Crippen molar-refractivity contribution in [2.24, 2.45) is 5.41 Å².